The number of benzene rings is 6. The Labute approximate surface area is 188 Å². The van der Waals surface area contributed by atoms with Crippen LogP contribution in [-0.2, 0) is 0 Å². The quantitative estimate of drug-likeness (QED) is 0.283. The van der Waals surface area contributed by atoms with Crippen LogP contribution in [-0.4, -0.2) is 20.8 Å². The van der Waals surface area contributed by atoms with Crippen molar-refractivity contribution in [2.45, 2.75) is 0 Å². The minimum Gasteiger partial charge on any atom is -0.377 e. The van der Waals surface area contributed by atoms with E-state index in [1.54, 1.807) is 0 Å². The fourth-order valence-electron chi connectivity index (χ4n) is 5.95. The molecule has 150 valence electrons. The second kappa shape index (κ2) is 6.37. The van der Waals surface area contributed by atoms with Gasteiger partial charge >= 0.3 is 0 Å². The van der Waals surface area contributed by atoms with Crippen LogP contribution in [0.1, 0.15) is 0 Å². The van der Waals surface area contributed by atoms with Gasteiger partial charge in [-0.2, -0.15) is 0 Å². The van der Waals surface area contributed by atoms with Crippen molar-refractivity contribution in [3.8, 4) is 11.1 Å². The summed E-state index contributed by atoms with van der Waals surface area (Å²) in [5.74, 6) is 0. The summed E-state index contributed by atoms with van der Waals surface area (Å²) in [7, 11) is 4.26. The lowest BCUT2D eigenvalue weighted by molar-refractivity contribution is 1.14. The van der Waals surface area contributed by atoms with Crippen molar-refractivity contribution in [3.05, 3.63) is 97.1 Å². The smallest absolute Gasteiger partial charge is 0.243 e. The van der Waals surface area contributed by atoms with Crippen molar-refractivity contribution in [1.82, 2.24) is 0 Å². The topological polar surface area (TPSA) is 3.24 Å². The van der Waals surface area contributed by atoms with Crippen LogP contribution in [0.4, 0.5) is 5.69 Å². The molecule has 0 unspecified atom stereocenters. The Morgan fingerprint density at radius 1 is 0.594 bits per heavy atom. The molecule has 1 heterocycles. The SMILES string of the molecule is CN(C)c1ccc2ccc3c4c(cc5ccc1c2c53)-c1ccccc1B4c1ccccc1. The molecular formula is C30H22BN. The lowest BCUT2D eigenvalue weighted by Gasteiger charge is -2.21. The molecule has 2 heteroatoms. The summed E-state index contributed by atoms with van der Waals surface area (Å²) in [6.07, 6.45) is 0. The molecule has 0 saturated carbocycles. The Balaban J connectivity index is 1.67. The van der Waals surface area contributed by atoms with Crippen molar-refractivity contribution in [2.24, 2.45) is 0 Å². The highest BCUT2D eigenvalue weighted by Crippen LogP contribution is 2.40. The third-order valence-electron chi connectivity index (χ3n) is 7.27. The molecule has 0 aliphatic carbocycles. The number of rotatable bonds is 2. The molecule has 0 N–H and O–H groups in total. The van der Waals surface area contributed by atoms with Gasteiger partial charge in [0.2, 0.25) is 6.71 Å². The third kappa shape index (κ3) is 2.24. The molecule has 0 radical (unpaired) electrons. The molecule has 0 saturated heterocycles. The van der Waals surface area contributed by atoms with E-state index in [1.807, 2.05) is 0 Å². The zero-order valence-corrected chi connectivity index (χ0v) is 18.3. The van der Waals surface area contributed by atoms with E-state index in [0.29, 0.717) is 0 Å². The van der Waals surface area contributed by atoms with Crippen LogP contribution in [0.5, 0.6) is 0 Å². The largest absolute Gasteiger partial charge is 0.377 e. The Morgan fingerprint density at radius 2 is 1.28 bits per heavy atom. The van der Waals surface area contributed by atoms with Crippen molar-refractivity contribution in [3.63, 3.8) is 0 Å². The molecule has 0 bridgehead atoms. The van der Waals surface area contributed by atoms with Crippen molar-refractivity contribution < 1.29 is 0 Å². The van der Waals surface area contributed by atoms with Gasteiger partial charge in [0, 0.05) is 25.2 Å². The van der Waals surface area contributed by atoms with Crippen LogP contribution >= 0.6 is 0 Å². The number of anilines is 1. The Hall–Kier alpha value is -3.78. The molecule has 0 aromatic heterocycles. The lowest BCUT2D eigenvalue weighted by atomic mass is 9.38. The highest BCUT2D eigenvalue weighted by Gasteiger charge is 2.35. The molecular weight excluding hydrogens is 385 g/mol. The van der Waals surface area contributed by atoms with Crippen LogP contribution in [0.2, 0.25) is 0 Å². The molecule has 6 aromatic rings. The maximum absolute atomic E-state index is 2.43. The van der Waals surface area contributed by atoms with Crippen LogP contribution in [0.15, 0.2) is 97.1 Å². The van der Waals surface area contributed by atoms with Crippen LogP contribution < -0.4 is 21.3 Å². The zero-order chi connectivity index (χ0) is 21.4. The molecule has 0 spiro atoms. The van der Waals surface area contributed by atoms with E-state index in [-0.39, 0.29) is 6.71 Å². The molecule has 0 atom stereocenters. The summed E-state index contributed by atoms with van der Waals surface area (Å²) in [4.78, 5) is 2.22. The average Bonchev–Trinajstić information content (AvgIpc) is 3.17. The lowest BCUT2D eigenvalue weighted by Crippen LogP contribution is -2.49. The van der Waals surface area contributed by atoms with Gasteiger partial charge < -0.3 is 4.90 Å². The average molecular weight is 407 g/mol. The number of fused-ring (bicyclic) bond motifs is 4. The number of nitrogens with zero attached hydrogens (tertiary/aromatic N) is 1. The van der Waals surface area contributed by atoms with Crippen molar-refractivity contribution in [1.29, 1.82) is 0 Å². The van der Waals surface area contributed by atoms with Gasteiger partial charge in [-0.15, -0.1) is 0 Å². The Bertz CT molecular complexity index is 1650. The van der Waals surface area contributed by atoms with E-state index >= 15 is 0 Å². The van der Waals surface area contributed by atoms with Gasteiger partial charge in [-0.05, 0) is 50.2 Å². The van der Waals surface area contributed by atoms with Crippen LogP contribution in [0, 0.1) is 0 Å². The predicted molar refractivity (Wildman–Crippen MR) is 141 cm³/mol. The summed E-state index contributed by atoms with van der Waals surface area (Å²) in [5, 5.41) is 8.15. The predicted octanol–water partition coefficient (Wildman–Crippen LogP) is 5.15. The van der Waals surface area contributed by atoms with E-state index in [4.69, 9.17) is 0 Å². The number of hydrogen-bond donors (Lipinski definition) is 0. The first-order valence-corrected chi connectivity index (χ1v) is 11.3. The first-order valence-electron chi connectivity index (χ1n) is 11.3. The number of hydrogen-bond acceptors (Lipinski definition) is 1. The van der Waals surface area contributed by atoms with Crippen molar-refractivity contribution in [2.75, 3.05) is 19.0 Å². The molecule has 7 rings (SSSR count). The van der Waals surface area contributed by atoms with E-state index in [9.17, 15) is 0 Å². The van der Waals surface area contributed by atoms with Gasteiger partial charge in [0.25, 0.3) is 0 Å². The molecule has 0 fully saturated rings. The fourth-order valence-corrected chi connectivity index (χ4v) is 5.95. The first kappa shape index (κ1) is 17.9. The van der Waals surface area contributed by atoms with Gasteiger partial charge in [-0.3, -0.25) is 0 Å². The maximum Gasteiger partial charge on any atom is 0.243 e. The molecule has 6 aromatic carbocycles. The standard InChI is InChI=1S/C30H22BN/c1-32(2)27-17-14-19-12-16-24-29-20(13-15-23(27)28(19)29)18-25-22-10-6-7-11-26(22)31(30(24)25)21-8-4-3-5-9-21/h3-18H,1-2H3. The van der Waals surface area contributed by atoms with Gasteiger partial charge in [0.15, 0.2) is 0 Å². The molecule has 1 aliphatic rings. The highest BCUT2D eigenvalue weighted by molar-refractivity contribution is 7.00. The summed E-state index contributed by atoms with van der Waals surface area (Å²) >= 11 is 0. The summed E-state index contributed by atoms with van der Waals surface area (Å²) in [5.41, 5.74) is 8.26. The zero-order valence-electron chi connectivity index (χ0n) is 18.3. The molecule has 0 amide bonds. The van der Waals surface area contributed by atoms with E-state index < -0.39 is 0 Å². The van der Waals surface area contributed by atoms with Gasteiger partial charge in [-0.25, -0.2) is 0 Å². The van der Waals surface area contributed by atoms with E-state index in [2.05, 4.69) is 116 Å². The van der Waals surface area contributed by atoms with Crippen molar-refractivity contribution >= 4 is 61.1 Å². The minimum absolute atomic E-state index is 0.264. The van der Waals surface area contributed by atoms with Crippen LogP contribution in [0.25, 0.3) is 43.4 Å². The normalized spacial score (nSPS) is 12.6. The second-order valence-corrected chi connectivity index (χ2v) is 9.17. The van der Waals surface area contributed by atoms with E-state index in [0.717, 1.165) is 0 Å². The maximum atomic E-state index is 2.43. The first-order chi connectivity index (χ1) is 15.7. The molecule has 1 aliphatic heterocycles. The molecule has 1 nitrogen and oxygen atoms in total. The van der Waals surface area contributed by atoms with E-state index in [1.165, 1.54) is 65.5 Å². The monoisotopic (exact) mass is 407 g/mol. The Kier molecular flexibility index (Phi) is 3.55. The highest BCUT2D eigenvalue weighted by atomic mass is 15.1. The summed E-state index contributed by atoms with van der Waals surface area (Å²) < 4.78 is 0. The summed E-state index contributed by atoms with van der Waals surface area (Å²) in [6.45, 7) is 0.264. The van der Waals surface area contributed by atoms with Gasteiger partial charge in [0.1, 0.15) is 0 Å². The van der Waals surface area contributed by atoms with Crippen LogP contribution in [0.3, 0.4) is 0 Å². The molecule has 32 heavy (non-hydrogen) atoms. The van der Waals surface area contributed by atoms with Gasteiger partial charge in [0.05, 0.1) is 0 Å². The second-order valence-electron chi connectivity index (χ2n) is 9.17. The summed E-state index contributed by atoms with van der Waals surface area (Å²) in [6, 6.07) is 36.2. The Morgan fingerprint density at radius 3 is 2.12 bits per heavy atom. The van der Waals surface area contributed by atoms with Gasteiger partial charge in [-0.1, -0.05) is 101 Å². The minimum atomic E-state index is 0.264. The fraction of sp³-hybridized carbons (Fsp3) is 0.0667. The third-order valence-corrected chi connectivity index (χ3v) is 7.27.